The normalized spacial score (nSPS) is 24.8. The molecule has 4 nitrogen and oxygen atoms in total. The Labute approximate surface area is 114 Å². The Morgan fingerprint density at radius 1 is 1.16 bits per heavy atom. The fourth-order valence-electron chi connectivity index (χ4n) is 2.46. The second-order valence-electron chi connectivity index (χ2n) is 4.87. The minimum absolute atomic E-state index is 0.0543. The van der Waals surface area contributed by atoms with Crippen molar-refractivity contribution in [3.05, 3.63) is 58.5 Å². The van der Waals surface area contributed by atoms with E-state index >= 15 is 0 Å². The molecule has 0 aliphatic heterocycles. The molecule has 19 heavy (non-hydrogen) atoms. The van der Waals surface area contributed by atoms with E-state index in [-0.39, 0.29) is 12.1 Å². The van der Waals surface area contributed by atoms with Crippen molar-refractivity contribution in [2.75, 3.05) is 0 Å². The van der Waals surface area contributed by atoms with Crippen molar-refractivity contribution in [2.24, 2.45) is 5.11 Å². The molecule has 0 saturated carbocycles. The Balaban J connectivity index is 1.97. The molecule has 0 radical (unpaired) electrons. The van der Waals surface area contributed by atoms with Gasteiger partial charge in [0.15, 0.2) is 0 Å². The molecule has 0 saturated heterocycles. The van der Waals surface area contributed by atoms with Gasteiger partial charge in [0.05, 0.1) is 6.04 Å². The van der Waals surface area contributed by atoms with Crippen LogP contribution in [0.1, 0.15) is 31.2 Å². The van der Waals surface area contributed by atoms with E-state index in [1.54, 1.807) is 0 Å². The Morgan fingerprint density at radius 3 is 2.63 bits per heavy atom. The predicted molar refractivity (Wildman–Crippen MR) is 77.6 cm³/mol. The van der Waals surface area contributed by atoms with Crippen LogP contribution in [-0.4, -0.2) is 12.1 Å². The zero-order valence-electron chi connectivity index (χ0n) is 11.1. The largest absolute Gasteiger partial charge is 0.310 e. The summed E-state index contributed by atoms with van der Waals surface area (Å²) in [6.07, 6.45) is 8.40. The molecule has 100 valence electrons. The zero-order valence-corrected chi connectivity index (χ0v) is 11.1. The summed E-state index contributed by atoms with van der Waals surface area (Å²) in [4.78, 5) is 3.00. The van der Waals surface area contributed by atoms with Crippen molar-refractivity contribution in [3.63, 3.8) is 0 Å². The molecule has 2 rings (SSSR count). The molecule has 4 heteroatoms. The average Bonchev–Trinajstić information content (AvgIpc) is 2.43. The average molecular weight is 256 g/mol. The third-order valence-corrected chi connectivity index (χ3v) is 3.52. The van der Waals surface area contributed by atoms with Crippen molar-refractivity contribution in [2.45, 2.75) is 44.3 Å². The van der Waals surface area contributed by atoms with Gasteiger partial charge in [-0.2, -0.15) is 0 Å². The van der Waals surface area contributed by atoms with E-state index < -0.39 is 0 Å². The smallest absolute Gasteiger partial charge is 0.0530 e. The Hall–Kier alpha value is -1.77. The molecule has 0 heterocycles. The van der Waals surface area contributed by atoms with Gasteiger partial charge in [-0.1, -0.05) is 47.6 Å². The van der Waals surface area contributed by atoms with Crippen LogP contribution in [0.4, 0.5) is 0 Å². The summed E-state index contributed by atoms with van der Waals surface area (Å²) >= 11 is 0. The van der Waals surface area contributed by atoms with Crippen LogP contribution in [-0.2, 0) is 6.54 Å². The lowest BCUT2D eigenvalue weighted by molar-refractivity contribution is 0.386. The summed E-state index contributed by atoms with van der Waals surface area (Å²) in [5.74, 6) is 0. The summed E-state index contributed by atoms with van der Waals surface area (Å²) in [6, 6.07) is 10.6. The summed E-state index contributed by atoms with van der Waals surface area (Å²) in [6.45, 7) is 0.826. The van der Waals surface area contributed by atoms with Crippen molar-refractivity contribution in [1.82, 2.24) is 5.32 Å². The van der Waals surface area contributed by atoms with Gasteiger partial charge < -0.3 is 5.32 Å². The monoisotopic (exact) mass is 256 g/mol. The molecule has 0 unspecified atom stereocenters. The predicted octanol–water partition coefficient (Wildman–Crippen LogP) is 3.95. The molecular weight excluding hydrogens is 236 g/mol. The molecule has 1 N–H and O–H groups in total. The number of hydrogen-bond donors (Lipinski definition) is 1. The lowest BCUT2D eigenvalue weighted by Crippen LogP contribution is -2.38. The minimum atomic E-state index is 0.0543. The van der Waals surface area contributed by atoms with E-state index in [2.05, 4.69) is 39.6 Å². The second kappa shape index (κ2) is 7.62. The molecule has 1 aliphatic carbocycles. The Bertz CT molecular complexity index is 448. The third kappa shape index (κ3) is 4.43. The SMILES string of the molecule is [N-]=[N+]=N[C@H]1CC/C=C\CC[C@@H]1NCc1ccccc1. The minimum Gasteiger partial charge on any atom is -0.310 e. The number of rotatable bonds is 4. The molecule has 2 atom stereocenters. The van der Waals surface area contributed by atoms with Gasteiger partial charge >= 0.3 is 0 Å². The first-order valence-electron chi connectivity index (χ1n) is 6.86. The van der Waals surface area contributed by atoms with E-state index in [0.717, 1.165) is 32.2 Å². The van der Waals surface area contributed by atoms with Crippen LogP contribution < -0.4 is 5.32 Å². The van der Waals surface area contributed by atoms with E-state index in [1.807, 2.05) is 18.2 Å². The van der Waals surface area contributed by atoms with Crippen LogP contribution >= 0.6 is 0 Å². The van der Waals surface area contributed by atoms with E-state index in [9.17, 15) is 0 Å². The van der Waals surface area contributed by atoms with Gasteiger partial charge in [0.2, 0.25) is 0 Å². The number of nitrogens with one attached hydrogen (secondary N) is 1. The Morgan fingerprint density at radius 2 is 1.89 bits per heavy atom. The van der Waals surface area contributed by atoms with Crippen molar-refractivity contribution in [1.29, 1.82) is 0 Å². The highest BCUT2D eigenvalue weighted by atomic mass is 15.2. The number of hydrogen-bond acceptors (Lipinski definition) is 2. The van der Waals surface area contributed by atoms with Crippen LogP contribution in [0.5, 0.6) is 0 Å². The summed E-state index contributed by atoms with van der Waals surface area (Å²) < 4.78 is 0. The maximum Gasteiger partial charge on any atom is 0.0530 e. The molecule has 0 bridgehead atoms. The van der Waals surface area contributed by atoms with Gasteiger partial charge in [-0.3, -0.25) is 0 Å². The third-order valence-electron chi connectivity index (χ3n) is 3.52. The molecule has 0 spiro atoms. The standard InChI is InChI=1S/C15H20N4/c16-19-18-15-11-7-2-1-6-10-14(15)17-12-13-8-4-3-5-9-13/h1-5,8-9,14-15,17H,6-7,10-12H2/b2-1-/t14-,15-/m0/s1. The topological polar surface area (TPSA) is 60.8 Å². The molecule has 1 aliphatic rings. The number of azide groups is 1. The molecule has 0 amide bonds. The molecule has 0 fully saturated rings. The van der Waals surface area contributed by atoms with Gasteiger partial charge in [-0.05, 0) is 36.8 Å². The molecule has 0 aromatic heterocycles. The van der Waals surface area contributed by atoms with E-state index in [0.29, 0.717) is 0 Å². The van der Waals surface area contributed by atoms with Gasteiger partial charge in [0, 0.05) is 17.5 Å². The number of benzene rings is 1. The lowest BCUT2D eigenvalue weighted by atomic mass is 9.96. The highest BCUT2D eigenvalue weighted by molar-refractivity contribution is 5.14. The van der Waals surface area contributed by atoms with E-state index in [4.69, 9.17) is 5.53 Å². The quantitative estimate of drug-likeness (QED) is 0.377. The molecular formula is C15H20N4. The maximum atomic E-state index is 8.70. The fraction of sp³-hybridized carbons (Fsp3) is 0.467. The lowest BCUT2D eigenvalue weighted by Gasteiger charge is -2.25. The van der Waals surface area contributed by atoms with E-state index in [1.165, 1.54) is 5.56 Å². The maximum absolute atomic E-state index is 8.70. The Kier molecular flexibility index (Phi) is 5.48. The summed E-state index contributed by atoms with van der Waals surface area (Å²) in [7, 11) is 0. The van der Waals surface area contributed by atoms with Crippen LogP contribution in [0.15, 0.2) is 47.6 Å². The summed E-state index contributed by atoms with van der Waals surface area (Å²) in [5, 5.41) is 7.50. The van der Waals surface area contributed by atoms with Crippen molar-refractivity contribution >= 4 is 0 Å². The highest BCUT2D eigenvalue weighted by Gasteiger charge is 2.19. The highest BCUT2D eigenvalue weighted by Crippen LogP contribution is 2.17. The first-order chi connectivity index (χ1) is 9.40. The van der Waals surface area contributed by atoms with Crippen LogP contribution in [0.3, 0.4) is 0 Å². The van der Waals surface area contributed by atoms with Crippen molar-refractivity contribution < 1.29 is 0 Å². The molecule has 1 aromatic carbocycles. The first-order valence-corrected chi connectivity index (χ1v) is 6.86. The fourth-order valence-corrected chi connectivity index (χ4v) is 2.46. The zero-order chi connectivity index (χ0) is 13.3. The van der Waals surface area contributed by atoms with Gasteiger partial charge in [-0.25, -0.2) is 0 Å². The van der Waals surface area contributed by atoms with Crippen molar-refractivity contribution in [3.8, 4) is 0 Å². The number of nitrogens with zero attached hydrogens (tertiary/aromatic N) is 3. The van der Waals surface area contributed by atoms with Gasteiger partial charge in [0.25, 0.3) is 0 Å². The van der Waals surface area contributed by atoms with Crippen LogP contribution in [0.25, 0.3) is 10.4 Å². The van der Waals surface area contributed by atoms with Crippen LogP contribution in [0.2, 0.25) is 0 Å². The molecule has 1 aromatic rings. The second-order valence-corrected chi connectivity index (χ2v) is 4.87. The first kappa shape index (κ1) is 13.7. The number of allylic oxidation sites excluding steroid dienone is 2. The van der Waals surface area contributed by atoms with Gasteiger partial charge in [-0.15, -0.1) is 0 Å². The summed E-state index contributed by atoms with van der Waals surface area (Å²) in [5.41, 5.74) is 9.96. The van der Waals surface area contributed by atoms with Gasteiger partial charge in [0.1, 0.15) is 0 Å². The van der Waals surface area contributed by atoms with Crippen LogP contribution in [0, 0.1) is 0 Å².